The van der Waals surface area contributed by atoms with Crippen LogP contribution in [0.3, 0.4) is 0 Å². The van der Waals surface area contributed by atoms with Crippen LogP contribution in [0, 0.1) is 0 Å². The van der Waals surface area contributed by atoms with Crippen molar-refractivity contribution < 1.29 is 9.53 Å². The van der Waals surface area contributed by atoms with E-state index in [1.54, 1.807) is 0 Å². The van der Waals surface area contributed by atoms with Gasteiger partial charge in [-0.2, -0.15) is 0 Å². The molecule has 1 amide bonds. The van der Waals surface area contributed by atoms with E-state index in [4.69, 9.17) is 4.74 Å². The number of benzene rings is 4. The number of ether oxygens (including phenoxy) is 1. The van der Waals surface area contributed by atoms with Gasteiger partial charge in [-0.05, 0) is 34.7 Å². The number of fused-ring (bicyclic) bond motifs is 1. The van der Waals surface area contributed by atoms with Crippen LogP contribution in [0.2, 0.25) is 0 Å². The van der Waals surface area contributed by atoms with Gasteiger partial charge < -0.3 is 19.9 Å². The van der Waals surface area contributed by atoms with Crippen molar-refractivity contribution in [3.05, 3.63) is 144 Å². The third-order valence-corrected chi connectivity index (χ3v) is 7.60. The van der Waals surface area contributed by atoms with E-state index in [9.17, 15) is 4.79 Å². The summed E-state index contributed by atoms with van der Waals surface area (Å²) in [5.74, 6) is 0.579. The molecule has 4 aromatic carbocycles. The molecule has 1 aromatic heterocycles. The van der Waals surface area contributed by atoms with Crippen LogP contribution < -0.4 is 15.4 Å². The maximum atomic E-state index is 13.1. The van der Waals surface area contributed by atoms with Gasteiger partial charge in [0.2, 0.25) is 0 Å². The lowest BCUT2D eigenvalue weighted by Crippen LogP contribution is -2.30. The number of carbonyl (C=O) groups is 1. The summed E-state index contributed by atoms with van der Waals surface area (Å²) in [5.41, 5.74) is 7.58. The maximum absolute atomic E-state index is 13.1. The first-order chi connectivity index (χ1) is 20.2. The molecule has 0 radical (unpaired) electrons. The van der Waals surface area contributed by atoms with Crippen LogP contribution in [0.15, 0.2) is 116 Å². The van der Waals surface area contributed by atoms with Crippen molar-refractivity contribution in [1.29, 1.82) is 0 Å². The first-order valence-electron chi connectivity index (χ1n) is 14.2. The highest BCUT2D eigenvalue weighted by Gasteiger charge is 2.26. The van der Waals surface area contributed by atoms with E-state index < -0.39 is 0 Å². The molecule has 0 fully saturated rings. The third kappa shape index (κ3) is 6.39. The fraction of sp³-hybridized carbons (Fsp3) is 0.200. The quantitative estimate of drug-likeness (QED) is 0.221. The summed E-state index contributed by atoms with van der Waals surface area (Å²) in [6.07, 6.45) is 5.43. The summed E-state index contributed by atoms with van der Waals surface area (Å²) in [7, 11) is 0. The number of carbonyl (C=O) groups excluding carboxylic acids is 1. The molecule has 1 aliphatic heterocycles. The molecular formula is C35H34N4O2. The maximum Gasteiger partial charge on any atom is 0.255 e. The zero-order chi connectivity index (χ0) is 27.9. The van der Waals surface area contributed by atoms with E-state index in [0.29, 0.717) is 31.0 Å². The Labute approximate surface area is 241 Å². The van der Waals surface area contributed by atoms with Crippen molar-refractivity contribution in [3.8, 4) is 16.9 Å². The zero-order valence-corrected chi connectivity index (χ0v) is 23.0. The van der Waals surface area contributed by atoms with Gasteiger partial charge >= 0.3 is 0 Å². The minimum Gasteiger partial charge on any atom is -0.492 e. The van der Waals surface area contributed by atoms with Crippen LogP contribution in [-0.2, 0) is 19.5 Å². The van der Waals surface area contributed by atoms with Crippen LogP contribution in [0.4, 0.5) is 0 Å². The van der Waals surface area contributed by atoms with Crippen LogP contribution in [0.1, 0.15) is 45.2 Å². The summed E-state index contributed by atoms with van der Waals surface area (Å²) in [4.78, 5) is 17.5. The normalized spacial score (nSPS) is 14.2. The van der Waals surface area contributed by atoms with Crippen molar-refractivity contribution in [1.82, 2.24) is 20.2 Å². The topological polar surface area (TPSA) is 68.2 Å². The number of imidazole rings is 1. The first kappa shape index (κ1) is 26.5. The van der Waals surface area contributed by atoms with Crippen molar-refractivity contribution in [3.63, 3.8) is 0 Å². The van der Waals surface area contributed by atoms with Crippen molar-refractivity contribution >= 4 is 5.91 Å². The van der Waals surface area contributed by atoms with Gasteiger partial charge in [0.25, 0.3) is 5.91 Å². The molecule has 206 valence electrons. The van der Waals surface area contributed by atoms with E-state index in [1.165, 1.54) is 22.3 Å². The minimum atomic E-state index is -0.102. The summed E-state index contributed by atoms with van der Waals surface area (Å²) in [6.45, 7) is 2.56. The number of hydrogen-bond acceptors (Lipinski definition) is 4. The highest BCUT2D eigenvalue weighted by molar-refractivity contribution is 5.97. The molecule has 0 aliphatic carbocycles. The molecule has 0 spiro atoms. The van der Waals surface area contributed by atoms with Gasteiger partial charge in [0, 0.05) is 43.9 Å². The fourth-order valence-corrected chi connectivity index (χ4v) is 5.37. The molecule has 0 saturated heterocycles. The number of amides is 1. The van der Waals surface area contributed by atoms with Crippen LogP contribution >= 0.6 is 0 Å². The van der Waals surface area contributed by atoms with E-state index in [1.807, 2.05) is 48.9 Å². The Balaban J connectivity index is 1.08. The molecule has 0 saturated carbocycles. The number of hydrogen-bond donors (Lipinski definition) is 2. The molecule has 5 aromatic rings. The SMILES string of the molecule is O=C(NCCc1ccccc1)c1cccc2c1OCCC2NCc1cncn1Cc1ccc(-c2ccccc2)cc1. The smallest absolute Gasteiger partial charge is 0.255 e. The molecule has 6 nitrogen and oxygen atoms in total. The average molecular weight is 543 g/mol. The van der Waals surface area contributed by atoms with Gasteiger partial charge in [-0.3, -0.25) is 4.79 Å². The second-order valence-electron chi connectivity index (χ2n) is 10.4. The van der Waals surface area contributed by atoms with Gasteiger partial charge in [0.1, 0.15) is 5.75 Å². The average Bonchev–Trinajstić information content (AvgIpc) is 3.47. The second kappa shape index (κ2) is 12.7. The number of para-hydroxylation sites is 1. The van der Waals surface area contributed by atoms with Crippen molar-refractivity contribution in [2.75, 3.05) is 13.2 Å². The third-order valence-electron chi connectivity index (χ3n) is 7.60. The molecule has 41 heavy (non-hydrogen) atoms. The Hall–Kier alpha value is -4.68. The van der Waals surface area contributed by atoms with E-state index in [-0.39, 0.29) is 11.9 Å². The molecule has 1 unspecified atom stereocenters. The van der Waals surface area contributed by atoms with Gasteiger partial charge in [-0.1, -0.05) is 97.1 Å². The summed E-state index contributed by atoms with van der Waals surface area (Å²) < 4.78 is 8.22. The summed E-state index contributed by atoms with van der Waals surface area (Å²) >= 11 is 0. The monoisotopic (exact) mass is 542 g/mol. The molecule has 2 N–H and O–H groups in total. The Morgan fingerprint density at radius 1 is 0.854 bits per heavy atom. The molecule has 1 atom stereocenters. The van der Waals surface area contributed by atoms with E-state index in [0.717, 1.165) is 30.6 Å². The van der Waals surface area contributed by atoms with Gasteiger partial charge in [0.15, 0.2) is 0 Å². The van der Waals surface area contributed by atoms with Gasteiger partial charge in [-0.15, -0.1) is 0 Å². The fourth-order valence-electron chi connectivity index (χ4n) is 5.37. The van der Waals surface area contributed by atoms with E-state index >= 15 is 0 Å². The minimum absolute atomic E-state index is 0.0873. The highest BCUT2D eigenvalue weighted by atomic mass is 16.5. The zero-order valence-electron chi connectivity index (χ0n) is 23.0. The number of nitrogens with zero attached hydrogens (tertiary/aromatic N) is 2. The highest BCUT2D eigenvalue weighted by Crippen LogP contribution is 2.35. The standard InChI is InChI=1S/C35H34N4O2/c40-35(37-20-18-26-8-3-1-4-9-26)32-13-7-12-31-33(19-21-41-34(31)32)38-23-30-22-36-25-39(30)24-27-14-16-29(17-15-27)28-10-5-2-6-11-28/h1-17,22,25,33,38H,18-21,23-24H2,(H,37,40). The number of rotatable bonds is 10. The van der Waals surface area contributed by atoms with Gasteiger partial charge in [0.05, 0.1) is 24.2 Å². The van der Waals surface area contributed by atoms with Crippen LogP contribution in [0.5, 0.6) is 5.75 Å². The Morgan fingerprint density at radius 3 is 2.41 bits per heavy atom. The molecule has 0 bridgehead atoms. The Morgan fingerprint density at radius 2 is 1.61 bits per heavy atom. The van der Waals surface area contributed by atoms with Crippen LogP contribution in [0.25, 0.3) is 11.1 Å². The van der Waals surface area contributed by atoms with Crippen LogP contribution in [-0.4, -0.2) is 28.6 Å². The molecule has 2 heterocycles. The molecule has 6 rings (SSSR count). The Bertz CT molecular complexity index is 1580. The number of aromatic nitrogens is 2. The lowest BCUT2D eigenvalue weighted by molar-refractivity contribution is 0.0948. The van der Waals surface area contributed by atoms with Gasteiger partial charge in [-0.25, -0.2) is 4.98 Å². The lowest BCUT2D eigenvalue weighted by Gasteiger charge is -2.28. The van der Waals surface area contributed by atoms with E-state index in [2.05, 4.69) is 86.9 Å². The second-order valence-corrected chi connectivity index (χ2v) is 10.4. The molecule has 6 heteroatoms. The summed E-state index contributed by atoms with van der Waals surface area (Å²) in [6, 6.07) is 35.2. The lowest BCUT2D eigenvalue weighted by atomic mass is 9.97. The Kier molecular flexibility index (Phi) is 8.20. The molecule has 1 aliphatic rings. The van der Waals surface area contributed by atoms with Crippen molar-refractivity contribution in [2.45, 2.75) is 32.0 Å². The molecular weight excluding hydrogens is 508 g/mol. The summed E-state index contributed by atoms with van der Waals surface area (Å²) in [5, 5.41) is 6.75. The first-order valence-corrected chi connectivity index (χ1v) is 14.2. The number of nitrogens with one attached hydrogen (secondary N) is 2. The predicted octanol–water partition coefficient (Wildman–Crippen LogP) is 6.18. The predicted molar refractivity (Wildman–Crippen MR) is 162 cm³/mol. The van der Waals surface area contributed by atoms with Crippen molar-refractivity contribution in [2.24, 2.45) is 0 Å². The largest absolute Gasteiger partial charge is 0.492 e.